The van der Waals surface area contributed by atoms with E-state index in [1.165, 1.54) is 19.2 Å². The van der Waals surface area contributed by atoms with Crippen LogP contribution in [0.4, 0.5) is 9.18 Å². The van der Waals surface area contributed by atoms with Gasteiger partial charge in [0.15, 0.2) is 0 Å². The quantitative estimate of drug-likeness (QED) is 0.787. The van der Waals surface area contributed by atoms with Crippen LogP contribution < -0.4 is 11.1 Å². The second-order valence-electron chi connectivity index (χ2n) is 3.07. The predicted octanol–water partition coefficient (Wildman–Crippen LogP) is 1.18. The van der Waals surface area contributed by atoms with E-state index in [4.69, 9.17) is 10.5 Å². The molecule has 0 fully saturated rings. The van der Waals surface area contributed by atoms with Gasteiger partial charge in [0.05, 0.1) is 12.6 Å². The first kappa shape index (κ1) is 11.5. The first-order valence-corrected chi connectivity index (χ1v) is 4.44. The molecule has 0 aromatic heterocycles. The van der Waals surface area contributed by atoms with Crippen LogP contribution in [-0.2, 0) is 4.74 Å². The van der Waals surface area contributed by atoms with Gasteiger partial charge in [-0.3, -0.25) is 0 Å². The highest BCUT2D eigenvalue weighted by Gasteiger charge is 2.12. The number of carbonyl (C=O) groups is 1. The van der Waals surface area contributed by atoms with Gasteiger partial charge in [-0.1, -0.05) is 12.1 Å². The zero-order valence-electron chi connectivity index (χ0n) is 8.37. The largest absolute Gasteiger partial charge is 0.382 e. The van der Waals surface area contributed by atoms with Crippen LogP contribution >= 0.6 is 0 Å². The first-order valence-electron chi connectivity index (χ1n) is 4.44. The van der Waals surface area contributed by atoms with E-state index in [-0.39, 0.29) is 18.5 Å². The number of methoxy groups -OCH3 is 1. The number of carbonyl (C=O) groups excluding carboxylic acids is 1. The average Bonchev–Trinajstić information content (AvgIpc) is 2.17. The van der Waals surface area contributed by atoms with E-state index in [0.717, 1.165) is 5.56 Å². The van der Waals surface area contributed by atoms with Crippen LogP contribution in [0.3, 0.4) is 0 Å². The number of nitrogens with one attached hydrogen (secondary N) is 1. The zero-order chi connectivity index (χ0) is 11.3. The lowest BCUT2D eigenvalue weighted by Crippen LogP contribution is -2.35. The standard InChI is InChI=1S/C10H13FN2O2/c1-15-6-9(13-10(12)14)7-2-4-8(11)5-3-7/h2-5,9H,6H2,1H3,(H3,12,13,14)/t9-/m1/s1. The summed E-state index contributed by atoms with van der Waals surface area (Å²) < 4.78 is 17.6. The number of hydrogen-bond acceptors (Lipinski definition) is 2. The van der Waals surface area contributed by atoms with E-state index in [2.05, 4.69) is 5.32 Å². The molecule has 1 rings (SSSR count). The van der Waals surface area contributed by atoms with Crippen molar-refractivity contribution >= 4 is 6.03 Å². The number of hydrogen-bond donors (Lipinski definition) is 2. The number of ether oxygens (including phenoxy) is 1. The summed E-state index contributed by atoms with van der Waals surface area (Å²) in [5.41, 5.74) is 5.76. The summed E-state index contributed by atoms with van der Waals surface area (Å²) in [6, 6.07) is 4.81. The number of primary amides is 1. The molecule has 1 atom stereocenters. The van der Waals surface area contributed by atoms with Crippen molar-refractivity contribution in [3.05, 3.63) is 35.6 Å². The maximum absolute atomic E-state index is 12.7. The van der Waals surface area contributed by atoms with Crippen molar-refractivity contribution in [1.29, 1.82) is 0 Å². The third-order valence-electron chi connectivity index (χ3n) is 1.92. The van der Waals surface area contributed by atoms with Gasteiger partial charge in [0, 0.05) is 7.11 Å². The molecule has 0 aliphatic heterocycles. The summed E-state index contributed by atoms with van der Waals surface area (Å²) >= 11 is 0. The minimum atomic E-state index is -0.638. The molecule has 15 heavy (non-hydrogen) atoms. The Labute approximate surface area is 87.2 Å². The topological polar surface area (TPSA) is 64.3 Å². The Balaban J connectivity index is 2.78. The highest BCUT2D eigenvalue weighted by Crippen LogP contribution is 2.13. The molecule has 0 unspecified atom stereocenters. The number of nitrogens with two attached hydrogens (primary N) is 1. The first-order chi connectivity index (χ1) is 7.13. The van der Waals surface area contributed by atoms with Crippen LogP contribution in [0.1, 0.15) is 11.6 Å². The maximum Gasteiger partial charge on any atom is 0.312 e. The van der Waals surface area contributed by atoms with E-state index in [1.807, 2.05) is 0 Å². The fraction of sp³-hybridized carbons (Fsp3) is 0.300. The van der Waals surface area contributed by atoms with Crippen LogP contribution in [0.2, 0.25) is 0 Å². The highest BCUT2D eigenvalue weighted by atomic mass is 19.1. The average molecular weight is 212 g/mol. The van der Waals surface area contributed by atoms with Gasteiger partial charge < -0.3 is 15.8 Å². The number of benzene rings is 1. The molecule has 5 heteroatoms. The fourth-order valence-corrected chi connectivity index (χ4v) is 1.25. The fourth-order valence-electron chi connectivity index (χ4n) is 1.25. The van der Waals surface area contributed by atoms with Gasteiger partial charge in [0.25, 0.3) is 0 Å². The van der Waals surface area contributed by atoms with E-state index >= 15 is 0 Å². The van der Waals surface area contributed by atoms with Crippen LogP contribution in [0, 0.1) is 5.82 Å². The summed E-state index contributed by atoms with van der Waals surface area (Å²) in [6.45, 7) is 0.286. The molecular weight excluding hydrogens is 199 g/mol. The van der Waals surface area contributed by atoms with Crippen molar-refractivity contribution < 1.29 is 13.9 Å². The molecule has 0 bridgehead atoms. The van der Waals surface area contributed by atoms with Crippen LogP contribution in [-0.4, -0.2) is 19.7 Å². The van der Waals surface area contributed by atoms with Gasteiger partial charge >= 0.3 is 6.03 Å². The summed E-state index contributed by atoms with van der Waals surface area (Å²) in [6.07, 6.45) is 0. The third kappa shape index (κ3) is 3.55. The van der Waals surface area contributed by atoms with Gasteiger partial charge in [0.2, 0.25) is 0 Å². The lowest BCUT2D eigenvalue weighted by Gasteiger charge is -2.16. The van der Waals surface area contributed by atoms with E-state index in [1.54, 1.807) is 12.1 Å². The Morgan fingerprint density at radius 1 is 1.53 bits per heavy atom. The van der Waals surface area contributed by atoms with Gasteiger partial charge in [0.1, 0.15) is 5.82 Å². The van der Waals surface area contributed by atoms with Crippen molar-refractivity contribution in [1.82, 2.24) is 5.32 Å². The molecule has 1 aromatic rings. The number of rotatable bonds is 4. The molecule has 1 aromatic carbocycles. The second kappa shape index (κ2) is 5.31. The normalized spacial score (nSPS) is 12.1. The van der Waals surface area contributed by atoms with Crippen LogP contribution in [0.5, 0.6) is 0 Å². The summed E-state index contributed by atoms with van der Waals surface area (Å²) in [7, 11) is 1.51. The molecule has 0 aliphatic rings. The van der Waals surface area contributed by atoms with E-state index in [9.17, 15) is 9.18 Å². The Kier molecular flexibility index (Phi) is 4.05. The lowest BCUT2D eigenvalue weighted by molar-refractivity contribution is 0.167. The van der Waals surface area contributed by atoms with Gasteiger partial charge in [-0.05, 0) is 17.7 Å². The monoisotopic (exact) mass is 212 g/mol. The molecule has 82 valence electrons. The Bertz CT molecular complexity index is 327. The van der Waals surface area contributed by atoms with Crippen LogP contribution in [0.15, 0.2) is 24.3 Å². The van der Waals surface area contributed by atoms with Gasteiger partial charge in [-0.15, -0.1) is 0 Å². The SMILES string of the molecule is COC[C@@H](NC(N)=O)c1ccc(F)cc1. The summed E-state index contributed by atoms with van der Waals surface area (Å²) in [5.74, 6) is -0.325. The minimum Gasteiger partial charge on any atom is -0.382 e. The minimum absolute atomic E-state index is 0.286. The molecule has 0 aliphatic carbocycles. The molecule has 3 N–H and O–H groups in total. The summed E-state index contributed by atoms with van der Waals surface area (Å²) in [5, 5.41) is 2.51. The van der Waals surface area contributed by atoms with Crippen molar-refractivity contribution in [2.45, 2.75) is 6.04 Å². The molecule has 0 spiro atoms. The van der Waals surface area contributed by atoms with Crippen molar-refractivity contribution in [2.75, 3.05) is 13.7 Å². The number of urea groups is 1. The molecule has 2 amide bonds. The third-order valence-corrected chi connectivity index (χ3v) is 1.92. The molecule has 0 saturated carbocycles. The molecule has 0 saturated heterocycles. The zero-order valence-corrected chi connectivity index (χ0v) is 8.37. The number of halogens is 1. The molecule has 4 nitrogen and oxygen atoms in total. The van der Waals surface area contributed by atoms with Gasteiger partial charge in [-0.2, -0.15) is 0 Å². The Morgan fingerprint density at radius 3 is 2.60 bits per heavy atom. The van der Waals surface area contributed by atoms with E-state index < -0.39 is 6.03 Å². The van der Waals surface area contributed by atoms with Crippen molar-refractivity contribution in [3.8, 4) is 0 Å². The molecule has 0 radical (unpaired) electrons. The smallest absolute Gasteiger partial charge is 0.312 e. The van der Waals surface area contributed by atoms with Crippen molar-refractivity contribution in [2.24, 2.45) is 5.73 Å². The Morgan fingerprint density at radius 2 is 2.13 bits per heavy atom. The summed E-state index contributed by atoms with van der Waals surface area (Å²) in [4.78, 5) is 10.7. The molecular formula is C10H13FN2O2. The maximum atomic E-state index is 12.7. The number of amides is 2. The van der Waals surface area contributed by atoms with E-state index in [0.29, 0.717) is 0 Å². The van der Waals surface area contributed by atoms with Gasteiger partial charge in [-0.25, -0.2) is 9.18 Å². The molecule has 0 heterocycles. The Hall–Kier alpha value is -1.62. The van der Waals surface area contributed by atoms with Crippen LogP contribution in [0.25, 0.3) is 0 Å². The second-order valence-corrected chi connectivity index (χ2v) is 3.07. The highest BCUT2D eigenvalue weighted by molar-refractivity contribution is 5.72. The lowest BCUT2D eigenvalue weighted by atomic mass is 10.1. The predicted molar refractivity (Wildman–Crippen MR) is 53.7 cm³/mol. The van der Waals surface area contributed by atoms with Crippen molar-refractivity contribution in [3.63, 3.8) is 0 Å².